The number of hydrogen-bond donors (Lipinski definition) is 0. The van der Waals surface area contributed by atoms with Crippen LogP contribution in [0.15, 0.2) is 73.2 Å². The first-order valence-electron chi connectivity index (χ1n) is 8.74. The maximum absolute atomic E-state index is 4.78. The minimum Gasteiger partial charge on any atom is -1.00 e. The maximum Gasteiger partial charge on any atom is 0.250 e. The van der Waals surface area contributed by atoms with Gasteiger partial charge in [-0.05, 0) is 18.2 Å². The van der Waals surface area contributed by atoms with Crippen LogP contribution >= 0.6 is 0 Å². The van der Waals surface area contributed by atoms with E-state index in [9.17, 15) is 0 Å². The van der Waals surface area contributed by atoms with E-state index in [2.05, 4.69) is 0 Å². The molecule has 30 heavy (non-hydrogen) atoms. The van der Waals surface area contributed by atoms with E-state index in [1.165, 1.54) is 0 Å². The number of nitrogens with zero attached hydrogens (tertiary/aromatic N) is 6. The van der Waals surface area contributed by atoms with Gasteiger partial charge in [-0.3, -0.25) is 0 Å². The van der Waals surface area contributed by atoms with Gasteiger partial charge in [0.05, 0.1) is 0 Å². The lowest BCUT2D eigenvalue weighted by molar-refractivity contribution is -0.661. The monoisotopic (exact) mass is 738 g/mol. The molecule has 0 aliphatic rings. The average Bonchev–Trinajstić information content (AvgIpc) is 2.69. The summed E-state index contributed by atoms with van der Waals surface area (Å²) in [6, 6.07) is 18.0. The fourth-order valence-electron chi connectivity index (χ4n) is 2.99. The molecule has 0 saturated carbocycles. The van der Waals surface area contributed by atoms with E-state index < -0.39 is 0 Å². The average molecular weight is 738 g/mol. The van der Waals surface area contributed by atoms with Gasteiger partial charge in [-0.1, -0.05) is 0 Å². The van der Waals surface area contributed by atoms with Gasteiger partial charge in [-0.2, -0.15) is 28.7 Å². The zero-order valence-corrected chi connectivity index (χ0v) is 23.2. The number of hydrogen-bond acceptors (Lipinski definition) is 3. The zero-order chi connectivity index (χ0) is 18.8. The summed E-state index contributed by atoms with van der Waals surface area (Å²) >= 11 is 0. The van der Waals surface area contributed by atoms with Gasteiger partial charge in [0.25, 0.3) is 0 Å². The largest absolute Gasteiger partial charge is 1.00 e. The van der Waals surface area contributed by atoms with Crippen LogP contribution in [0.3, 0.4) is 0 Å². The van der Waals surface area contributed by atoms with Crippen LogP contribution in [0.1, 0.15) is 0 Å². The molecule has 4 aromatic heterocycles. The summed E-state index contributed by atoms with van der Waals surface area (Å²) < 4.78 is 6.04. The van der Waals surface area contributed by atoms with E-state index in [1.54, 1.807) is 0 Å². The Balaban J connectivity index is 0.00000150. The second kappa shape index (κ2) is 11.9. The van der Waals surface area contributed by atoms with Crippen molar-refractivity contribution in [2.45, 2.75) is 0 Å². The molecule has 4 aromatic rings. The first-order chi connectivity index (χ1) is 13.1. The molecule has 0 bridgehead atoms. The first kappa shape index (κ1) is 26.7. The van der Waals surface area contributed by atoms with Gasteiger partial charge in [0.1, 0.15) is 21.1 Å². The van der Waals surface area contributed by atoms with E-state index in [4.69, 9.17) is 15.0 Å². The SMILES string of the molecule is C[n+]1ccccc1-c1nc(-c2cccc[n+]2C)nc(-c2cccc[n+]2C)n1.[I-].[I-].[I-]. The number of aromatic nitrogens is 6. The van der Waals surface area contributed by atoms with Crippen LogP contribution in [-0.4, -0.2) is 15.0 Å². The lowest BCUT2D eigenvalue weighted by atomic mass is 10.2. The lowest BCUT2D eigenvalue weighted by Gasteiger charge is -2.05. The Morgan fingerprint density at radius 3 is 0.967 bits per heavy atom. The third-order valence-corrected chi connectivity index (χ3v) is 4.49. The van der Waals surface area contributed by atoms with Crippen LogP contribution in [-0.2, 0) is 21.1 Å². The Morgan fingerprint density at radius 1 is 0.467 bits per heavy atom. The molecule has 4 heterocycles. The van der Waals surface area contributed by atoms with Crippen molar-refractivity contribution in [3.63, 3.8) is 0 Å². The highest BCUT2D eigenvalue weighted by Crippen LogP contribution is 2.19. The van der Waals surface area contributed by atoms with E-state index in [-0.39, 0.29) is 71.9 Å². The molecule has 6 nitrogen and oxygen atoms in total. The summed E-state index contributed by atoms with van der Waals surface area (Å²) in [6.07, 6.45) is 5.97. The quantitative estimate of drug-likeness (QED) is 0.155. The molecule has 156 valence electrons. The van der Waals surface area contributed by atoms with Gasteiger partial charge >= 0.3 is 0 Å². The third kappa shape index (κ3) is 5.66. The molecular weight excluding hydrogens is 717 g/mol. The predicted molar refractivity (Wildman–Crippen MR) is 99.7 cm³/mol. The maximum atomic E-state index is 4.78. The van der Waals surface area contributed by atoms with Crippen molar-refractivity contribution in [2.75, 3.05) is 0 Å². The third-order valence-electron chi connectivity index (χ3n) is 4.49. The van der Waals surface area contributed by atoms with Crippen LogP contribution in [0.4, 0.5) is 0 Å². The number of halogens is 3. The van der Waals surface area contributed by atoms with Gasteiger partial charge in [-0.25, -0.2) is 0 Å². The van der Waals surface area contributed by atoms with Crippen LogP contribution in [0.2, 0.25) is 0 Å². The smallest absolute Gasteiger partial charge is 0.250 e. The Labute approximate surface area is 227 Å². The molecule has 9 heteroatoms. The normalized spacial score (nSPS) is 9.70. The second-order valence-electron chi connectivity index (χ2n) is 6.40. The molecule has 0 aliphatic heterocycles. The first-order valence-corrected chi connectivity index (χ1v) is 8.74. The Kier molecular flexibility index (Phi) is 10.6. The van der Waals surface area contributed by atoms with Gasteiger partial charge in [0, 0.05) is 36.4 Å². The molecule has 0 atom stereocenters. The van der Waals surface area contributed by atoms with Gasteiger partial charge < -0.3 is 71.9 Å². The van der Waals surface area contributed by atoms with Crippen molar-refractivity contribution in [1.29, 1.82) is 0 Å². The summed E-state index contributed by atoms with van der Waals surface area (Å²) in [5, 5.41) is 0. The molecular formula is C21H21I3N6. The highest BCUT2D eigenvalue weighted by atomic mass is 127. The molecule has 0 aromatic carbocycles. The molecule has 0 aliphatic carbocycles. The highest BCUT2D eigenvalue weighted by Gasteiger charge is 2.23. The molecule has 0 unspecified atom stereocenters. The minimum absolute atomic E-state index is 0. The molecule has 0 spiro atoms. The number of aryl methyl sites for hydroxylation is 3. The molecule has 0 radical (unpaired) electrons. The van der Waals surface area contributed by atoms with Crippen LogP contribution in [0, 0.1) is 0 Å². The standard InChI is InChI=1S/C21H21N6.3HI/c1-25-13-7-4-10-16(25)19-22-20(17-11-5-8-14-26(17)2)24-21(23-19)18-12-6-9-15-27(18)3;;;/h4-15H,1-3H3;3*1H/q+3;;;/p-3. The molecule has 0 saturated heterocycles. The fraction of sp³-hybridized carbons (Fsp3) is 0.143. The van der Waals surface area contributed by atoms with Gasteiger partial charge in [0.15, 0.2) is 18.6 Å². The summed E-state index contributed by atoms with van der Waals surface area (Å²) in [7, 11) is 5.97. The molecule has 0 fully saturated rings. The van der Waals surface area contributed by atoms with Gasteiger partial charge in [0.2, 0.25) is 34.6 Å². The highest BCUT2D eigenvalue weighted by molar-refractivity contribution is 5.57. The van der Waals surface area contributed by atoms with Crippen LogP contribution in [0.5, 0.6) is 0 Å². The number of pyridine rings is 3. The van der Waals surface area contributed by atoms with Crippen molar-refractivity contribution < 1.29 is 85.6 Å². The van der Waals surface area contributed by atoms with E-state index in [0.29, 0.717) is 17.5 Å². The predicted octanol–water partition coefficient (Wildman–Crippen LogP) is -7.64. The van der Waals surface area contributed by atoms with Crippen molar-refractivity contribution in [3.8, 4) is 34.6 Å². The summed E-state index contributed by atoms with van der Waals surface area (Å²) in [4.78, 5) is 14.3. The van der Waals surface area contributed by atoms with Crippen LogP contribution in [0.25, 0.3) is 34.6 Å². The van der Waals surface area contributed by atoms with E-state index >= 15 is 0 Å². The Morgan fingerprint density at radius 2 is 0.733 bits per heavy atom. The van der Waals surface area contributed by atoms with Crippen molar-refractivity contribution in [2.24, 2.45) is 21.1 Å². The van der Waals surface area contributed by atoms with Crippen LogP contribution < -0.4 is 85.6 Å². The fourth-order valence-corrected chi connectivity index (χ4v) is 2.99. The number of rotatable bonds is 3. The minimum atomic E-state index is 0. The van der Waals surface area contributed by atoms with Crippen molar-refractivity contribution in [1.82, 2.24) is 15.0 Å². The Bertz CT molecular complexity index is 983. The van der Waals surface area contributed by atoms with Crippen molar-refractivity contribution >= 4 is 0 Å². The van der Waals surface area contributed by atoms with Crippen molar-refractivity contribution in [3.05, 3.63) is 73.2 Å². The topological polar surface area (TPSA) is 50.3 Å². The lowest BCUT2D eigenvalue weighted by Crippen LogP contribution is -3.00. The van der Waals surface area contributed by atoms with E-state index in [0.717, 1.165) is 17.1 Å². The molecule has 0 N–H and O–H groups in total. The zero-order valence-electron chi connectivity index (χ0n) is 16.7. The van der Waals surface area contributed by atoms with Gasteiger partial charge in [-0.15, -0.1) is 0 Å². The molecule has 0 amide bonds. The second-order valence-corrected chi connectivity index (χ2v) is 6.40. The summed E-state index contributed by atoms with van der Waals surface area (Å²) in [6.45, 7) is 0. The van der Waals surface area contributed by atoms with E-state index in [1.807, 2.05) is 108 Å². The summed E-state index contributed by atoms with van der Waals surface area (Å²) in [5.41, 5.74) is 2.79. The Hall–Kier alpha value is -1.35. The molecule has 4 rings (SSSR count). The summed E-state index contributed by atoms with van der Waals surface area (Å²) in [5.74, 6) is 1.93.